The molecule has 8 heteroatoms. The molecule has 0 atom stereocenters. The second kappa shape index (κ2) is 7.57. The number of aromatic nitrogens is 2. The lowest BCUT2D eigenvalue weighted by Crippen LogP contribution is -2.47. The summed E-state index contributed by atoms with van der Waals surface area (Å²) in [4.78, 5) is 30.9. The monoisotopic (exact) mass is 283 g/mol. The quantitative estimate of drug-likeness (QED) is 0.426. The molecule has 7 nitrogen and oxygen atoms in total. The van der Waals surface area contributed by atoms with Gasteiger partial charge in [0.1, 0.15) is 0 Å². The number of urea groups is 1. The molecular formula is C11H17N5O2S. The van der Waals surface area contributed by atoms with E-state index in [1.54, 1.807) is 6.92 Å². The van der Waals surface area contributed by atoms with Gasteiger partial charge >= 0.3 is 6.03 Å². The zero-order valence-corrected chi connectivity index (χ0v) is 11.9. The molecule has 0 unspecified atom stereocenters. The van der Waals surface area contributed by atoms with Crippen LogP contribution in [0.1, 0.15) is 18.3 Å². The Morgan fingerprint density at radius 1 is 1.21 bits per heavy atom. The molecule has 19 heavy (non-hydrogen) atoms. The second-order valence-electron chi connectivity index (χ2n) is 3.75. The highest BCUT2D eigenvalue weighted by atomic mass is 32.2. The Morgan fingerprint density at radius 2 is 1.84 bits per heavy atom. The lowest BCUT2D eigenvalue weighted by atomic mass is 10.4. The summed E-state index contributed by atoms with van der Waals surface area (Å²) >= 11 is 1.22. The van der Waals surface area contributed by atoms with Crippen molar-refractivity contribution in [2.75, 3.05) is 12.3 Å². The van der Waals surface area contributed by atoms with E-state index in [9.17, 15) is 9.59 Å². The van der Waals surface area contributed by atoms with Crippen LogP contribution in [-0.2, 0) is 4.79 Å². The summed E-state index contributed by atoms with van der Waals surface area (Å²) in [5.41, 5.74) is 6.24. The van der Waals surface area contributed by atoms with Crippen LogP contribution < -0.4 is 16.2 Å². The van der Waals surface area contributed by atoms with Gasteiger partial charge in [0.15, 0.2) is 5.16 Å². The highest BCUT2D eigenvalue weighted by molar-refractivity contribution is 7.99. The van der Waals surface area contributed by atoms with E-state index < -0.39 is 6.03 Å². The molecule has 104 valence electrons. The molecule has 0 spiro atoms. The van der Waals surface area contributed by atoms with Crippen molar-refractivity contribution in [1.29, 1.82) is 0 Å². The van der Waals surface area contributed by atoms with Crippen LogP contribution in [-0.4, -0.2) is 34.2 Å². The number of nitrogens with zero attached hydrogens (tertiary/aromatic N) is 2. The minimum Gasteiger partial charge on any atom is -0.337 e. The largest absolute Gasteiger partial charge is 0.337 e. The minimum atomic E-state index is -0.441. The summed E-state index contributed by atoms with van der Waals surface area (Å²) in [6.07, 6.45) is 0. The smallest absolute Gasteiger partial charge is 0.333 e. The lowest BCUT2D eigenvalue weighted by Gasteiger charge is -2.07. The number of carbonyl (C=O) groups is 2. The topological polar surface area (TPSA) is 96.0 Å². The van der Waals surface area contributed by atoms with E-state index in [0.29, 0.717) is 11.7 Å². The number of hydrogen-bond acceptors (Lipinski definition) is 5. The summed E-state index contributed by atoms with van der Waals surface area (Å²) < 4.78 is 0. The number of thioether (sulfide) groups is 1. The molecule has 0 saturated heterocycles. The average molecular weight is 283 g/mol. The van der Waals surface area contributed by atoms with Gasteiger partial charge in [-0.2, -0.15) is 0 Å². The van der Waals surface area contributed by atoms with Crippen LogP contribution in [0.5, 0.6) is 0 Å². The molecule has 0 aliphatic heterocycles. The molecule has 0 bridgehead atoms. The Kier molecular flexibility index (Phi) is 6.07. The van der Waals surface area contributed by atoms with Gasteiger partial charge in [0.25, 0.3) is 0 Å². The molecule has 1 heterocycles. The van der Waals surface area contributed by atoms with Gasteiger partial charge in [0.05, 0.1) is 5.75 Å². The molecule has 0 radical (unpaired) electrons. The summed E-state index contributed by atoms with van der Waals surface area (Å²) in [7, 11) is 0. The molecule has 0 aliphatic rings. The van der Waals surface area contributed by atoms with E-state index in [1.807, 2.05) is 19.9 Å². The van der Waals surface area contributed by atoms with E-state index in [0.717, 1.165) is 11.4 Å². The standard InChI is InChI=1S/C11H17N5O2S/c1-4-12-10(18)16-15-9(17)6-19-11-13-7(2)5-8(3)14-11/h5H,4,6H2,1-3H3,(H,15,17)(H2,12,16,18). The van der Waals surface area contributed by atoms with Gasteiger partial charge < -0.3 is 5.32 Å². The molecule has 3 amide bonds. The van der Waals surface area contributed by atoms with Crippen LogP contribution in [0.4, 0.5) is 4.79 Å². The van der Waals surface area contributed by atoms with Crippen molar-refractivity contribution in [3.05, 3.63) is 17.5 Å². The molecule has 0 aliphatic carbocycles. The Balaban J connectivity index is 2.35. The lowest BCUT2D eigenvalue weighted by molar-refractivity contribution is -0.119. The number of hydrogen-bond donors (Lipinski definition) is 3. The molecule has 1 aromatic rings. The number of carbonyl (C=O) groups excluding carboxylic acids is 2. The Labute approximate surface area is 115 Å². The van der Waals surface area contributed by atoms with Gasteiger partial charge in [-0.25, -0.2) is 20.2 Å². The zero-order chi connectivity index (χ0) is 14.3. The maximum atomic E-state index is 11.5. The fraction of sp³-hybridized carbons (Fsp3) is 0.455. The summed E-state index contributed by atoms with van der Waals surface area (Å²) in [6, 6.07) is 1.42. The van der Waals surface area contributed by atoms with E-state index >= 15 is 0 Å². The maximum Gasteiger partial charge on any atom is 0.333 e. The summed E-state index contributed by atoms with van der Waals surface area (Å²) in [5.74, 6) is -0.186. The number of aryl methyl sites for hydroxylation is 2. The molecule has 0 fully saturated rings. The Hall–Kier alpha value is -1.83. The average Bonchev–Trinajstić information content (AvgIpc) is 2.33. The van der Waals surface area contributed by atoms with Gasteiger partial charge in [0, 0.05) is 17.9 Å². The third kappa shape index (κ3) is 6.05. The number of nitrogens with one attached hydrogen (secondary N) is 3. The van der Waals surface area contributed by atoms with Crippen LogP contribution in [0.3, 0.4) is 0 Å². The van der Waals surface area contributed by atoms with Gasteiger partial charge in [-0.1, -0.05) is 11.8 Å². The summed E-state index contributed by atoms with van der Waals surface area (Å²) in [5, 5.41) is 3.04. The van der Waals surface area contributed by atoms with Gasteiger partial charge in [0.2, 0.25) is 5.91 Å². The van der Waals surface area contributed by atoms with Crippen molar-refractivity contribution in [2.24, 2.45) is 0 Å². The predicted octanol–water partition coefficient (Wildman–Crippen LogP) is 0.536. The van der Waals surface area contributed by atoms with Crippen molar-refractivity contribution in [3.8, 4) is 0 Å². The van der Waals surface area contributed by atoms with Crippen LogP contribution in [0, 0.1) is 13.8 Å². The van der Waals surface area contributed by atoms with Crippen LogP contribution in [0.25, 0.3) is 0 Å². The SMILES string of the molecule is CCNC(=O)NNC(=O)CSc1nc(C)cc(C)n1. The predicted molar refractivity (Wildman–Crippen MR) is 72.6 cm³/mol. The Bertz CT molecular complexity index is 446. The van der Waals surface area contributed by atoms with E-state index in [-0.39, 0.29) is 11.7 Å². The first-order chi connectivity index (χ1) is 9.01. The minimum absolute atomic E-state index is 0.134. The van der Waals surface area contributed by atoms with Crippen molar-refractivity contribution in [1.82, 2.24) is 26.1 Å². The fourth-order valence-corrected chi connectivity index (χ4v) is 2.00. The van der Waals surface area contributed by atoms with E-state index in [4.69, 9.17) is 0 Å². The van der Waals surface area contributed by atoms with E-state index in [2.05, 4.69) is 26.1 Å². The van der Waals surface area contributed by atoms with Crippen molar-refractivity contribution < 1.29 is 9.59 Å². The first kappa shape index (κ1) is 15.2. The molecule has 0 aromatic carbocycles. The van der Waals surface area contributed by atoms with Crippen molar-refractivity contribution >= 4 is 23.7 Å². The molecule has 0 saturated carbocycles. The second-order valence-corrected chi connectivity index (χ2v) is 4.70. The molecular weight excluding hydrogens is 266 g/mol. The van der Waals surface area contributed by atoms with Gasteiger partial charge in [-0.15, -0.1) is 0 Å². The normalized spacial score (nSPS) is 9.84. The van der Waals surface area contributed by atoms with E-state index in [1.165, 1.54) is 11.8 Å². The van der Waals surface area contributed by atoms with Crippen molar-refractivity contribution in [3.63, 3.8) is 0 Å². The fourth-order valence-electron chi connectivity index (χ4n) is 1.26. The van der Waals surface area contributed by atoms with Crippen LogP contribution >= 0.6 is 11.8 Å². The van der Waals surface area contributed by atoms with Gasteiger partial charge in [-0.05, 0) is 26.8 Å². The Morgan fingerprint density at radius 3 is 2.42 bits per heavy atom. The molecule has 1 rings (SSSR count). The maximum absolute atomic E-state index is 11.5. The third-order valence-electron chi connectivity index (χ3n) is 1.95. The van der Waals surface area contributed by atoms with Crippen LogP contribution in [0.15, 0.2) is 11.2 Å². The number of amides is 3. The number of rotatable bonds is 4. The van der Waals surface area contributed by atoms with Crippen LogP contribution in [0.2, 0.25) is 0 Å². The first-order valence-electron chi connectivity index (χ1n) is 5.79. The first-order valence-corrected chi connectivity index (χ1v) is 6.77. The number of hydrazine groups is 1. The zero-order valence-electron chi connectivity index (χ0n) is 11.1. The highest BCUT2D eigenvalue weighted by Gasteiger charge is 2.06. The third-order valence-corrected chi connectivity index (χ3v) is 2.79. The molecule has 1 aromatic heterocycles. The van der Waals surface area contributed by atoms with Crippen molar-refractivity contribution in [2.45, 2.75) is 25.9 Å². The molecule has 3 N–H and O–H groups in total. The summed E-state index contributed by atoms with van der Waals surface area (Å²) in [6.45, 7) is 6.02. The van der Waals surface area contributed by atoms with Gasteiger partial charge in [-0.3, -0.25) is 10.2 Å². The highest BCUT2D eigenvalue weighted by Crippen LogP contribution is 2.13.